The summed E-state index contributed by atoms with van der Waals surface area (Å²) in [6.07, 6.45) is 1.86. The summed E-state index contributed by atoms with van der Waals surface area (Å²) in [6.45, 7) is 1.72. The second-order valence-corrected chi connectivity index (χ2v) is 6.95. The molecule has 0 aliphatic heterocycles. The van der Waals surface area contributed by atoms with Crippen molar-refractivity contribution in [2.75, 3.05) is 12.0 Å². The van der Waals surface area contributed by atoms with Crippen LogP contribution in [0.4, 0.5) is 0 Å². The lowest BCUT2D eigenvalue weighted by Crippen LogP contribution is -2.34. The van der Waals surface area contributed by atoms with E-state index in [1.165, 1.54) is 17.3 Å². The lowest BCUT2D eigenvalue weighted by molar-refractivity contribution is 0.0687. The maximum Gasteiger partial charge on any atom is 0.356 e. The van der Waals surface area contributed by atoms with Crippen LogP contribution >= 0.6 is 23.1 Å². The number of sulfonamides is 1. The van der Waals surface area contributed by atoms with E-state index < -0.39 is 21.7 Å². The molecule has 1 aromatic rings. The van der Waals surface area contributed by atoms with Gasteiger partial charge in [0, 0.05) is 11.8 Å². The van der Waals surface area contributed by atoms with E-state index in [0.717, 1.165) is 11.3 Å². The van der Waals surface area contributed by atoms with Crippen molar-refractivity contribution < 1.29 is 18.3 Å². The fraction of sp³-hybridized carbons (Fsp3) is 0.500. The van der Waals surface area contributed by atoms with Gasteiger partial charge in [-0.2, -0.15) is 11.8 Å². The molecule has 0 bridgehead atoms. The number of carbonyl (C=O) groups is 1. The molecule has 17 heavy (non-hydrogen) atoms. The molecule has 0 aliphatic carbocycles. The molecule has 0 aromatic carbocycles. The molecular formula is C8H12N2O4S3. The predicted octanol–water partition coefficient (Wildman–Crippen LogP) is 0.871. The first-order valence-electron chi connectivity index (χ1n) is 4.56. The highest BCUT2D eigenvalue weighted by atomic mass is 32.2. The minimum Gasteiger partial charge on any atom is -0.476 e. The molecule has 0 radical (unpaired) electrons. The van der Waals surface area contributed by atoms with Gasteiger partial charge in [-0.05, 0) is 13.2 Å². The highest BCUT2D eigenvalue weighted by Crippen LogP contribution is 2.20. The number of thiazole rings is 1. The zero-order chi connectivity index (χ0) is 13.1. The zero-order valence-corrected chi connectivity index (χ0v) is 11.7. The number of rotatable bonds is 6. The van der Waals surface area contributed by atoms with Crippen LogP contribution in [0, 0.1) is 0 Å². The van der Waals surface area contributed by atoms with E-state index in [1.54, 1.807) is 6.92 Å². The largest absolute Gasteiger partial charge is 0.476 e. The first-order valence-corrected chi connectivity index (χ1v) is 8.32. The van der Waals surface area contributed by atoms with Crippen molar-refractivity contribution in [1.29, 1.82) is 0 Å². The number of thioether (sulfide) groups is 1. The minimum atomic E-state index is -3.80. The van der Waals surface area contributed by atoms with E-state index in [9.17, 15) is 13.2 Å². The van der Waals surface area contributed by atoms with Gasteiger partial charge < -0.3 is 5.11 Å². The lowest BCUT2D eigenvalue weighted by atomic mass is 10.4. The number of aromatic carboxylic acids is 1. The van der Waals surface area contributed by atoms with Crippen LogP contribution in [0.25, 0.3) is 0 Å². The van der Waals surface area contributed by atoms with E-state index >= 15 is 0 Å². The highest BCUT2D eigenvalue weighted by Gasteiger charge is 2.26. The monoisotopic (exact) mass is 296 g/mol. The van der Waals surface area contributed by atoms with Crippen molar-refractivity contribution in [2.24, 2.45) is 0 Å². The van der Waals surface area contributed by atoms with Crippen molar-refractivity contribution in [3.63, 3.8) is 0 Å². The summed E-state index contributed by atoms with van der Waals surface area (Å²) >= 11 is 2.30. The Morgan fingerprint density at radius 3 is 2.88 bits per heavy atom. The number of carboxylic acid groups (broad SMARTS) is 1. The molecule has 1 rings (SSSR count). The Morgan fingerprint density at radius 2 is 2.35 bits per heavy atom. The average molecular weight is 296 g/mol. The smallest absolute Gasteiger partial charge is 0.356 e. The maximum absolute atomic E-state index is 11.9. The Bertz CT molecular complexity index is 497. The molecule has 96 valence electrons. The van der Waals surface area contributed by atoms with Crippen molar-refractivity contribution in [3.8, 4) is 0 Å². The Morgan fingerprint density at radius 1 is 1.71 bits per heavy atom. The first kappa shape index (κ1) is 14.4. The molecular weight excluding hydrogens is 284 g/mol. The molecule has 1 unspecified atom stereocenters. The molecule has 0 saturated heterocycles. The van der Waals surface area contributed by atoms with Crippen LogP contribution < -0.4 is 4.72 Å². The van der Waals surface area contributed by atoms with Gasteiger partial charge in [0.2, 0.25) is 0 Å². The SMILES string of the molecule is CSCC(C)NS(=O)(=O)c1scnc1C(=O)O. The number of hydrogen-bond acceptors (Lipinski definition) is 6. The molecule has 9 heteroatoms. The third-order valence-corrected chi connectivity index (χ3v) is 5.55. The van der Waals surface area contributed by atoms with Gasteiger partial charge in [-0.1, -0.05) is 0 Å². The normalized spacial score (nSPS) is 13.5. The first-order chi connectivity index (χ1) is 7.88. The Labute approximate surface area is 108 Å². The quantitative estimate of drug-likeness (QED) is 0.808. The summed E-state index contributed by atoms with van der Waals surface area (Å²) in [7, 11) is -3.80. The molecule has 1 atom stereocenters. The van der Waals surface area contributed by atoms with Crippen LogP contribution in [-0.4, -0.2) is 42.5 Å². The summed E-state index contributed by atoms with van der Waals surface area (Å²) in [5.74, 6) is -0.732. The van der Waals surface area contributed by atoms with Crippen LogP contribution in [0.5, 0.6) is 0 Å². The molecule has 1 aromatic heterocycles. The van der Waals surface area contributed by atoms with Crippen LogP contribution in [0.15, 0.2) is 9.72 Å². The van der Waals surface area contributed by atoms with Gasteiger partial charge in [0.1, 0.15) is 0 Å². The topological polar surface area (TPSA) is 96.4 Å². The van der Waals surface area contributed by atoms with Gasteiger partial charge in [0.25, 0.3) is 10.0 Å². The van der Waals surface area contributed by atoms with Crippen LogP contribution in [0.3, 0.4) is 0 Å². The van der Waals surface area contributed by atoms with Gasteiger partial charge >= 0.3 is 5.97 Å². The summed E-state index contributed by atoms with van der Waals surface area (Å²) in [6, 6.07) is -0.265. The van der Waals surface area contributed by atoms with Crippen molar-refractivity contribution in [2.45, 2.75) is 17.2 Å². The third-order valence-electron chi connectivity index (χ3n) is 1.75. The van der Waals surface area contributed by atoms with E-state index in [2.05, 4.69) is 9.71 Å². The maximum atomic E-state index is 11.9. The summed E-state index contributed by atoms with van der Waals surface area (Å²) in [5, 5.41) is 8.80. The number of nitrogens with zero attached hydrogens (tertiary/aromatic N) is 1. The van der Waals surface area contributed by atoms with E-state index in [1.807, 2.05) is 6.26 Å². The molecule has 2 N–H and O–H groups in total. The van der Waals surface area contributed by atoms with Crippen molar-refractivity contribution in [1.82, 2.24) is 9.71 Å². The van der Waals surface area contributed by atoms with E-state index in [0.29, 0.717) is 5.75 Å². The molecule has 0 spiro atoms. The Kier molecular flexibility index (Phi) is 4.92. The third kappa shape index (κ3) is 3.66. The zero-order valence-electron chi connectivity index (χ0n) is 9.21. The number of carboxylic acids is 1. The van der Waals surface area contributed by atoms with Gasteiger partial charge in [-0.3, -0.25) is 0 Å². The Balaban J connectivity index is 2.97. The molecule has 1 heterocycles. The minimum absolute atomic E-state index is 0.252. The second kappa shape index (κ2) is 5.80. The summed E-state index contributed by atoms with van der Waals surface area (Å²) in [5.41, 5.74) is 0.774. The van der Waals surface area contributed by atoms with E-state index in [4.69, 9.17) is 5.11 Å². The van der Waals surface area contributed by atoms with Crippen LogP contribution in [0.1, 0.15) is 17.4 Å². The van der Waals surface area contributed by atoms with E-state index in [-0.39, 0.29) is 10.3 Å². The number of aromatic nitrogens is 1. The molecule has 6 nitrogen and oxygen atoms in total. The number of nitrogens with one attached hydrogen (secondary N) is 1. The van der Waals surface area contributed by atoms with Gasteiger partial charge in [0.05, 0.1) is 5.51 Å². The number of hydrogen-bond donors (Lipinski definition) is 2. The average Bonchev–Trinajstić information content (AvgIpc) is 2.65. The summed E-state index contributed by atoms with van der Waals surface area (Å²) in [4.78, 5) is 14.3. The molecule has 0 saturated carbocycles. The van der Waals surface area contributed by atoms with Gasteiger partial charge in [0.15, 0.2) is 9.90 Å². The fourth-order valence-electron chi connectivity index (χ4n) is 1.17. The highest BCUT2D eigenvalue weighted by molar-refractivity contribution is 7.98. The lowest BCUT2D eigenvalue weighted by Gasteiger charge is -2.11. The van der Waals surface area contributed by atoms with Crippen LogP contribution in [0.2, 0.25) is 0 Å². The standard InChI is InChI=1S/C8H12N2O4S3/c1-5(3-15-2)10-17(13,14)8-6(7(11)12)9-4-16-8/h4-5,10H,3H2,1-2H3,(H,11,12). The Hall–Kier alpha value is -0.640. The predicted molar refractivity (Wildman–Crippen MR) is 67.2 cm³/mol. The van der Waals surface area contributed by atoms with Crippen molar-refractivity contribution in [3.05, 3.63) is 11.2 Å². The molecule has 0 amide bonds. The van der Waals surface area contributed by atoms with Gasteiger partial charge in [-0.15, -0.1) is 11.3 Å². The van der Waals surface area contributed by atoms with Crippen molar-refractivity contribution >= 4 is 39.1 Å². The summed E-state index contributed by atoms with van der Waals surface area (Å²) < 4.78 is 25.9. The van der Waals surface area contributed by atoms with Gasteiger partial charge in [-0.25, -0.2) is 22.9 Å². The molecule has 0 fully saturated rings. The second-order valence-electron chi connectivity index (χ2n) is 3.27. The fourth-order valence-corrected chi connectivity index (χ4v) is 4.26. The van der Waals surface area contributed by atoms with Crippen LogP contribution in [-0.2, 0) is 10.0 Å². The molecule has 0 aliphatic rings.